The van der Waals surface area contributed by atoms with Crippen molar-refractivity contribution in [3.8, 4) is 11.5 Å². The van der Waals surface area contributed by atoms with Gasteiger partial charge in [0, 0.05) is 22.5 Å². The molecule has 0 N–H and O–H groups in total. The number of rotatable bonds is 6. The molecule has 0 aliphatic rings. The van der Waals surface area contributed by atoms with E-state index in [2.05, 4.69) is 46.9 Å². The maximum atomic E-state index is 5.93. The second-order valence-corrected chi connectivity index (χ2v) is 6.67. The van der Waals surface area contributed by atoms with Gasteiger partial charge < -0.3 is 9.47 Å². The van der Waals surface area contributed by atoms with Crippen molar-refractivity contribution in [2.75, 3.05) is 13.2 Å². The number of fused-ring (bicyclic) bond motifs is 1. The molecule has 0 saturated heterocycles. The molecule has 3 rings (SSSR count). The molecule has 0 bridgehead atoms. The van der Waals surface area contributed by atoms with Gasteiger partial charge in [0.05, 0.1) is 13.2 Å². The lowest BCUT2D eigenvalue weighted by molar-refractivity contribution is 0.247. The number of aryl methyl sites for hydroxylation is 2. The Bertz CT molecular complexity index is 820. The zero-order chi connectivity index (χ0) is 16.9. The number of hydrogen-bond acceptors (Lipinski definition) is 3. The highest BCUT2D eigenvalue weighted by molar-refractivity contribution is 9.10. The number of para-hydroxylation sites is 1. The number of pyridine rings is 1. The van der Waals surface area contributed by atoms with Gasteiger partial charge in [-0.15, -0.1) is 0 Å². The van der Waals surface area contributed by atoms with Crippen LogP contribution in [0.2, 0.25) is 0 Å². The fourth-order valence-corrected chi connectivity index (χ4v) is 3.42. The molecule has 2 aromatic carbocycles. The van der Waals surface area contributed by atoms with Gasteiger partial charge in [0.15, 0.2) is 0 Å². The summed E-state index contributed by atoms with van der Waals surface area (Å²) in [4.78, 5) is 4.40. The first-order valence-corrected chi connectivity index (χ1v) is 8.80. The maximum absolute atomic E-state index is 5.93. The third kappa shape index (κ3) is 3.88. The zero-order valence-corrected chi connectivity index (χ0v) is 15.5. The summed E-state index contributed by atoms with van der Waals surface area (Å²) in [6.45, 7) is 5.35. The topological polar surface area (TPSA) is 31.4 Å². The molecular weight excluding hydrogens is 366 g/mol. The molecule has 124 valence electrons. The molecule has 1 heterocycles. The van der Waals surface area contributed by atoms with Gasteiger partial charge in [-0.05, 0) is 49.2 Å². The number of ether oxygens (including phenoxy) is 2. The minimum atomic E-state index is 0.601. The van der Waals surface area contributed by atoms with Crippen LogP contribution in [0.5, 0.6) is 11.5 Å². The largest absolute Gasteiger partial charge is 0.493 e. The fourth-order valence-electron chi connectivity index (χ4n) is 2.73. The Hall–Kier alpha value is -2.07. The zero-order valence-electron chi connectivity index (χ0n) is 13.9. The Kier molecular flexibility index (Phi) is 5.36. The van der Waals surface area contributed by atoms with Crippen molar-refractivity contribution in [2.45, 2.75) is 20.3 Å². The predicted octanol–water partition coefficient (Wildman–Crippen LogP) is 5.46. The van der Waals surface area contributed by atoms with Crippen molar-refractivity contribution in [3.63, 3.8) is 0 Å². The van der Waals surface area contributed by atoms with E-state index in [1.165, 1.54) is 0 Å². The van der Waals surface area contributed by atoms with E-state index in [0.717, 1.165) is 44.4 Å². The van der Waals surface area contributed by atoms with Crippen LogP contribution >= 0.6 is 15.9 Å². The molecule has 0 amide bonds. The molecule has 0 aliphatic heterocycles. The third-order valence-electron chi connectivity index (χ3n) is 3.81. The van der Waals surface area contributed by atoms with Crippen LogP contribution in [0.15, 0.2) is 53.1 Å². The third-order valence-corrected chi connectivity index (χ3v) is 4.27. The van der Waals surface area contributed by atoms with Crippen LogP contribution in [-0.4, -0.2) is 18.2 Å². The lowest BCUT2D eigenvalue weighted by Gasteiger charge is -2.13. The second kappa shape index (κ2) is 7.67. The van der Waals surface area contributed by atoms with Crippen molar-refractivity contribution in [1.82, 2.24) is 4.98 Å². The molecule has 1 aromatic heterocycles. The monoisotopic (exact) mass is 385 g/mol. The van der Waals surface area contributed by atoms with Gasteiger partial charge in [-0.1, -0.05) is 34.1 Å². The molecule has 4 heteroatoms. The number of halogens is 1. The smallest absolute Gasteiger partial charge is 0.145 e. The molecule has 0 unspecified atom stereocenters. The van der Waals surface area contributed by atoms with E-state index in [0.29, 0.717) is 13.2 Å². The van der Waals surface area contributed by atoms with Crippen molar-refractivity contribution < 1.29 is 9.47 Å². The van der Waals surface area contributed by atoms with Crippen molar-refractivity contribution in [2.24, 2.45) is 0 Å². The van der Waals surface area contributed by atoms with Gasteiger partial charge in [-0.2, -0.15) is 0 Å². The Morgan fingerprint density at radius 2 is 1.67 bits per heavy atom. The Balaban J connectivity index is 1.54. The fraction of sp³-hybridized carbons (Fsp3) is 0.250. The number of benzene rings is 2. The first-order valence-electron chi connectivity index (χ1n) is 8.01. The van der Waals surface area contributed by atoms with Crippen LogP contribution in [0.25, 0.3) is 10.9 Å². The lowest BCUT2D eigenvalue weighted by atomic mass is 10.1. The summed E-state index contributed by atoms with van der Waals surface area (Å²) in [6, 6.07) is 14.1. The quantitative estimate of drug-likeness (QED) is 0.527. The van der Waals surface area contributed by atoms with Crippen LogP contribution in [-0.2, 0) is 0 Å². The lowest BCUT2D eigenvalue weighted by Crippen LogP contribution is -2.06. The summed E-state index contributed by atoms with van der Waals surface area (Å²) in [6.07, 6.45) is 2.61. The van der Waals surface area contributed by atoms with Gasteiger partial charge in [0.1, 0.15) is 17.0 Å². The molecule has 0 fully saturated rings. The highest BCUT2D eigenvalue weighted by Gasteiger charge is 2.06. The normalized spacial score (nSPS) is 10.8. The van der Waals surface area contributed by atoms with Gasteiger partial charge in [0.25, 0.3) is 0 Å². The minimum absolute atomic E-state index is 0.601. The van der Waals surface area contributed by atoms with Crippen LogP contribution in [0.4, 0.5) is 0 Å². The van der Waals surface area contributed by atoms with E-state index in [4.69, 9.17) is 9.47 Å². The SMILES string of the molecule is Cc1cc(Br)cc(C)c1OCCCOc1cccc2cccnc12. The first-order chi connectivity index (χ1) is 11.6. The minimum Gasteiger partial charge on any atom is -0.493 e. The molecule has 0 saturated carbocycles. The van der Waals surface area contributed by atoms with E-state index in [1.807, 2.05) is 30.3 Å². The van der Waals surface area contributed by atoms with E-state index in [1.54, 1.807) is 6.20 Å². The number of aromatic nitrogens is 1. The molecule has 3 nitrogen and oxygen atoms in total. The van der Waals surface area contributed by atoms with Crippen LogP contribution in [0, 0.1) is 13.8 Å². The highest BCUT2D eigenvalue weighted by atomic mass is 79.9. The van der Waals surface area contributed by atoms with Crippen LogP contribution < -0.4 is 9.47 Å². The van der Waals surface area contributed by atoms with Gasteiger partial charge >= 0.3 is 0 Å². The summed E-state index contributed by atoms with van der Waals surface area (Å²) in [5.74, 6) is 1.79. The summed E-state index contributed by atoms with van der Waals surface area (Å²) in [5.41, 5.74) is 3.18. The Morgan fingerprint density at radius 1 is 0.958 bits per heavy atom. The molecule has 0 atom stereocenters. The Labute approximate surface area is 150 Å². The van der Waals surface area contributed by atoms with Gasteiger partial charge in [-0.3, -0.25) is 4.98 Å². The van der Waals surface area contributed by atoms with Gasteiger partial charge in [0.2, 0.25) is 0 Å². The van der Waals surface area contributed by atoms with Crippen LogP contribution in [0.3, 0.4) is 0 Å². The molecule has 3 aromatic rings. The summed E-state index contributed by atoms with van der Waals surface area (Å²) in [7, 11) is 0. The second-order valence-electron chi connectivity index (χ2n) is 5.75. The van der Waals surface area contributed by atoms with Crippen molar-refractivity contribution >= 4 is 26.8 Å². The molecule has 0 radical (unpaired) electrons. The van der Waals surface area contributed by atoms with E-state index in [-0.39, 0.29) is 0 Å². The summed E-state index contributed by atoms with van der Waals surface area (Å²) >= 11 is 3.50. The van der Waals surface area contributed by atoms with Gasteiger partial charge in [-0.25, -0.2) is 0 Å². The standard InChI is InChI=1S/C20H20BrNO2/c1-14-12-17(21)13-15(2)20(14)24-11-5-10-23-18-8-3-6-16-7-4-9-22-19(16)18/h3-4,6-9,12-13H,5,10-11H2,1-2H3. The van der Waals surface area contributed by atoms with Crippen molar-refractivity contribution in [3.05, 3.63) is 64.3 Å². The average Bonchev–Trinajstić information content (AvgIpc) is 2.56. The van der Waals surface area contributed by atoms with Crippen LogP contribution in [0.1, 0.15) is 17.5 Å². The van der Waals surface area contributed by atoms with E-state index in [9.17, 15) is 0 Å². The Morgan fingerprint density at radius 3 is 2.46 bits per heavy atom. The van der Waals surface area contributed by atoms with E-state index >= 15 is 0 Å². The van der Waals surface area contributed by atoms with Crippen molar-refractivity contribution in [1.29, 1.82) is 0 Å². The summed E-state index contributed by atoms with van der Waals surface area (Å²) in [5, 5.41) is 1.09. The number of hydrogen-bond donors (Lipinski definition) is 0. The predicted molar refractivity (Wildman–Crippen MR) is 101 cm³/mol. The first kappa shape index (κ1) is 16.8. The molecule has 0 aliphatic carbocycles. The molecule has 0 spiro atoms. The maximum Gasteiger partial charge on any atom is 0.145 e. The van der Waals surface area contributed by atoms with E-state index < -0.39 is 0 Å². The average molecular weight is 386 g/mol. The summed E-state index contributed by atoms with van der Waals surface area (Å²) < 4.78 is 12.9. The number of nitrogens with zero attached hydrogens (tertiary/aromatic N) is 1. The molecular formula is C20H20BrNO2. The highest BCUT2D eigenvalue weighted by Crippen LogP contribution is 2.27. The molecule has 24 heavy (non-hydrogen) atoms.